The molecule has 1 rings (SSSR count). The summed E-state index contributed by atoms with van der Waals surface area (Å²) in [6.07, 6.45) is 0.888. The van der Waals surface area contributed by atoms with Crippen molar-refractivity contribution < 1.29 is 24.7 Å². The Balaban J connectivity index is 3.09. The number of ether oxygens (including phenoxy) is 1. The summed E-state index contributed by atoms with van der Waals surface area (Å²) in [6, 6.07) is 0.849. The SMILES string of the molecule is O=C(O)c1cc([N+](=O)[O-])cnc1OCCO. The topological polar surface area (TPSA) is 123 Å². The minimum Gasteiger partial charge on any atom is -0.477 e. The number of aromatic nitrogens is 1. The molecule has 0 radical (unpaired) electrons. The smallest absolute Gasteiger partial charge is 0.341 e. The highest BCUT2D eigenvalue weighted by atomic mass is 16.6. The van der Waals surface area contributed by atoms with E-state index < -0.39 is 22.1 Å². The van der Waals surface area contributed by atoms with Crippen molar-refractivity contribution in [2.24, 2.45) is 0 Å². The normalized spacial score (nSPS) is 9.81. The van der Waals surface area contributed by atoms with E-state index in [1.54, 1.807) is 0 Å². The first kappa shape index (κ1) is 11.9. The predicted molar refractivity (Wildman–Crippen MR) is 50.4 cm³/mol. The van der Waals surface area contributed by atoms with Gasteiger partial charge in [-0.25, -0.2) is 9.78 Å². The molecule has 0 aliphatic rings. The van der Waals surface area contributed by atoms with Crippen LogP contribution < -0.4 is 4.74 Å². The van der Waals surface area contributed by atoms with Crippen LogP contribution in [0.5, 0.6) is 5.88 Å². The standard InChI is InChI=1S/C8H8N2O6/c11-1-2-16-7-6(8(12)13)3-5(4-9-7)10(14)15/h3-4,11H,1-2H2,(H,12,13). The molecule has 2 N–H and O–H groups in total. The maximum Gasteiger partial charge on any atom is 0.341 e. The number of carbonyl (C=O) groups is 1. The lowest BCUT2D eigenvalue weighted by molar-refractivity contribution is -0.385. The van der Waals surface area contributed by atoms with Gasteiger partial charge in [0.25, 0.3) is 5.69 Å². The lowest BCUT2D eigenvalue weighted by atomic mass is 10.2. The summed E-state index contributed by atoms with van der Waals surface area (Å²) in [6.45, 7) is -0.442. The number of hydrogen-bond acceptors (Lipinski definition) is 6. The molecular formula is C8H8N2O6. The summed E-state index contributed by atoms with van der Waals surface area (Å²) in [4.78, 5) is 23.9. The Bertz CT molecular complexity index is 419. The monoisotopic (exact) mass is 228 g/mol. The van der Waals surface area contributed by atoms with Gasteiger partial charge in [0.1, 0.15) is 18.4 Å². The Labute approximate surface area is 89.3 Å². The van der Waals surface area contributed by atoms with Crippen LogP contribution in [0.4, 0.5) is 5.69 Å². The first-order chi connectivity index (χ1) is 7.56. The molecular weight excluding hydrogens is 220 g/mol. The lowest BCUT2D eigenvalue weighted by Gasteiger charge is -2.05. The number of nitro groups is 1. The van der Waals surface area contributed by atoms with Gasteiger partial charge in [-0.15, -0.1) is 0 Å². The first-order valence-electron chi connectivity index (χ1n) is 4.17. The van der Waals surface area contributed by atoms with Crippen molar-refractivity contribution in [1.29, 1.82) is 0 Å². The fraction of sp³-hybridized carbons (Fsp3) is 0.250. The molecule has 1 aromatic heterocycles. The van der Waals surface area contributed by atoms with Gasteiger partial charge < -0.3 is 14.9 Å². The number of aromatic carboxylic acids is 1. The molecule has 0 aliphatic heterocycles. The van der Waals surface area contributed by atoms with Gasteiger partial charge in [-0.1, -0.05) is 0 Å². The Hall–Kier alpha value is -2.22. The minimum atomic E-state index is -1.39. The zero-order chi connectivity index (χ0) is 12.1. The number of pyridine rings is 1. The molecule has 0 bridgehead atoms. The van der Waals surface area contributed by atoms with Crippen LogP contribution in [-0.4, -0.2) is 39.3 Å². The van der Waals surface area contributed by atoms with Gasteiger partial charge in [0, 0.05) is 6.07 Å². The van der Waals surface area contributed by atoms with Gasteiger partial charge in [-0.3, -0.25) is 10.1 Å². The largest absolute Gasteiger partial charge is 0.477 e. The highest BCUT2D eigenvalue weighted by Crippen LogP contribution is 2.20. The number of aliphatic hydroxyl groups is 1. The average Bonchev–Trinajstić information content (AvgIpc) is 2.25. The maximum atomic E-state index is 10.8. The molecule has 0 atom stereocenters. The molecule has 0 unspecified atom stereocenters. The molecule has 0 aromatic carbocycles. The second kappa shape index (κ2) is 5.03. The van der Waals surface area contributed by atoms with Crippen molar-refractivity contribution in [3.05, 3.63) is 27.9 Å². The van der Waals surface area contributed by atoms with Crippen molar-refractivity contribution in [2.45, 2.75) is 0 Å². The van der Waals surface area contributed by atoms with Crippen LogP contribution >= 0.6 is 0 Å². The Morgan fingerprint density at radius 2 is 2.31 bits per heavy atom. The number of carboxylic acid groups (broad SMARTS) is 1. The zero-order valence-electron chi connectivity index (χ0n) is 7.99. The van der Waals surface area contributed by atoms with Crippen LogP contribution in [0, 0.1) is 10.1 Å². The third-order valence-electron chi connectivity index (χ3n) is 1.61. The number of aliphatic hydroxyl groups excluding tert-OH is 1. The van der Waals surface area contributed by atoms with E-state index in [9.17, 15) is 14.9 Å². The van der Waals surface area contributed by atoms with Gasteiger partial charge in [0.2, 0.25) is 5.88 Å². The van der Waals surface area contributed by atoms with E-state index in [1.807, 2.05) is 0 Å². The van der Waals surface area contributed by atoms with E-state index in [0.29, 0.717) is 0 Å². The van der Waals surface area contributed by atoms with Crippen LogP contribution in [0.2, 0.25) is 0 Å². The van der Waals surface area contributed by atoms with E-state index in [4.69, 9.17) is 14.9 Å². The fourth-order valence-electron chi connectivity index (χ4n) is 0.952. The molecule has 0 spiro atoms. The van der Waals surface area contributed by atoms with Crippen molar-refractivity contribution >= 4 is 11.7 Å². The Morgan fingerprint density at radius 1 is 1.62 bits per heavy atom. The molecule has 86 valence electrons. The van der Waals surface area contributed by atoms with Crippen LogP contribution in [0.25, 0.3) is 0 Å². The van der Waals surface area contributed by atoms with Gasteiger partial charge in [0.15, 0.2) is 0 Å². The summed E-state index contributed by atoms with van der Waals surface area (Å²) in [7, 11) is 0. The van der Waals surface area contributed by atoms with Gasteiger partial charge in [-0.2, -0.15) is 0 Å². The summed E-state index contributed by atoms with van der Waals surface area (Å²) in [5, 5.41) is 27.7. The van der Waals surface area contributed by atoms with E-state index in [-0.39, 0.29) is 19.1 Å². The third kappa shape index (κ3) is 2.64. The fourth-order valence-corrected chi connectivity index (χ4v) is 0.952. The van der Waals surface area contributed by atoms with Crippen molar-refractivity contribution in [2.75, 3.05) is 13.2 Å². The summed E-state index contributed by atoms with van der Waals surface area (Å²) in [5.41, 5.74) is -0.851. The predicted octanol–water partition coefficient (Wildman–Crippen LogP) is 0.0591. The van der Waals surface area contributed by atoms with Crippen LogP contribution in [0.15, 0.2) is 12.3 Å². The highest BCUT2D eigenvalue weighted by molar-refractivity contribution is 5.90. The van der Waals surface area contributed by atoms with Crippen LogP contribution in [0.3, 0.4) is 0 Å². The van der Waals surface area contributed by atoms with E-state index in [0.717, 1.165) is 12.3 Å². The van der Waals surface area contributed by atoms with Gasteiger partial charge in [0.05, 0.1) is 11.5 Å². The van der Waals surface area contributed by atoms with E-state index in [1.165, 1.54) is 0 Å². The molecule has 0 saturated carbocycles. The molecule has 16 heavy (non-hydrogen) atoms. The summed E-state index contributed by atoms with van der Waals surface area (Å²) >= 11 is 0. The molecule has 0 saturated heterocycles. The minimum absolute atomic E-state index is 0.134. The molecule has 0 fully saturated rings. The van der Waals surface area contributed by atoms with Gasteiger partial charge in [-0.05, 0) is 0 Å². The summed E-state index contributed by atoms with van der Waals surface area (Å²) in [5.74, 6) is -1.64. The Morgan fingerprint density at radius 3 is 2.81 bits per heavy atom. The Kier molecular flexibility index (Phi) is 3.72. The van der Waals surface area contributed by atoms with Crippen LogP contribution in [-0.2, 0) is 0 Å². The first-order valence-corrected chi connectivity index (χ1v) is 4.17. The summed E-state index contributed by atoms with van der Waals surface area (Å²) < 4.78 is 4.82. The molecule has 8 nitrogen and oxygen atoms in total. The second-order valence-corrected chi connectivity index (χ2v) is 2.68. The maximum absolute atomic E-state index is 10.8. The quantitative estimate of drug-likeness (QED) is 0.539. The second-order valence-electron chi connectivity index (χ2n) is 2.68. The number of nitrogens with zero attached hydrogens (tertiary/aromatic N) is 2. The zero-order valence-corrected chi connectivity index (χ0v) is 7.99. The molecule has 1 aromatic rings. The van der Waals surface area contributed by atoms with Crippen molar-refractivity contribution in [3.8, 4) is 5.88 Å². The number of rotatable bonds is 5. The van der Waals surface area contributed by atoms with Crippen LogP contribution in [0.1, 0.15) is 10.4 Å². The molecule has 8 heteroatoms. The van der Waals surface area contributed by atoms with E-state index in [2.05, 4.69) is 4.98 Å². The average molecular weight is 228 g/mol. The van der Waals surface area contributed by atoms with Crippen molar-refractivity contribution in [3.63, 3.8) is 0 Å². The number of hydrogen-bond donors (Lipinski definition) is 2. The molecule has 0 amide bonds. The van der Waals surface area contributed by atoms with Crippen molar-refractivity contribution in [1.82, 2.24) is 4.98 Å². The third-order valence-corrected chi connectivity index (χ3v) is 1.61. The highest BCUT2D eigenvalue weighted by Gasteiger charge is 2.18. The van der Waals surface area contributed by atoms with Gasteiger partial charge >= 0.3 is 5.97 Å². The number of carboxylic acids is 1. The lowest BCUT2D eigenvalue weighted by Crippen LogP contribution is -2.09. The molecule has 1 heterocycles. The molecule has 0 aliphatic carbocycles. The van der Waals surface area contributed by atoms with E-state index >= 15 is 0 Å².